The van der Waals surface area contributed by atoms with E-state index in [0.29, 0.717) is 25.7 Å². The molecule has 2 aliphatic rings. The summed E-state index contributed by atoms with van der Waals surface area (Å²) in [5.74, 6) is -3.77. The number of alkyl carbamates (subject to hydrolysis) is 1. The van der Waals surface area contributed by atoms with Crippen molar-refractivity contribution in [1.29, 1.82) is 0 Å². The number of nitrogens with one attached hydrogen (secondary N) is 3. The Morgan fingerprint density at radius 1 is 1.28 bits per heavy atom. The number of hydrogen-bond acceptors (Lipinski definition) is 5. The Hall–Kier alpha value is -2.26. The summed E-state index contributed by atoms with van der Waals surface area (Å²) >= 11 is 0. The molecular weight excluding hydrogens is 424 g/mol. The lowest BCUT2D eigenvalue weighted by atomic mass is 9.87. The van der Waals surface area contributed by atoms with Crippen molar-refractivity contribution in [3.05, 3.63) is 0 Å². The van der Waals surface area contributed by atoms with Crippen LogP contribution in [0.3, 0.4) is 0 Å². The van der Waals surface area contributed by atoms with Gasteiger partial charge in [-0.25, -0.2) is 13.6 Å². The molecule has 1 aliphatic heterocycles. The van der Waals surface area contributed by atoms with Crippen molar-refractivity contribution in [2.75, 3.05) is 13.2 Å². The van der Waals surface area contributed by atoms with Crippen LogP contribution in [0, 0.1) is 17.8 Å². The Morgan fingerprint density at radius 3 is 2.47 bits per heavy atom. The van der Waals surface area contributed by atoms with E-state index in [1.54, 1.807) is 6.92 Å². The molecule has 8 nitrogen and oxygen atoms in total. The summed E-state index contributed by atoms with van der Waals surface area (Å²) in [6.07, 6.45) is 1.01. The molecule has 1 saturated heterocycles. The zero-order valence-corrected chi connectivity index (χ0v) is 19.0. The molecule has 1 aliphatic carbocycles. The molecule has 0 aromatic heterocycles. The number of ether oxygens (including phenoxy) is 1. The van der Waals surface area contributed by atoms with Crippen LogP contribution in [0.5, 0.6) is 0 Å². The van der Waals surface area contributed by atoms with Gasteiger partial charge in [0.2, 0.25) is 17.7 Å². The van der Waals surface area contributed by atoms with E-state index in [0.717, 1.165) is 0 Å². The first-order valence-corrected chi connectivity index (χ1v) is 11.3. The molecule has 0 spiro atoms. The van der Waals surface area contributed by atoms with Gasteiger partial charge in [-0.15, -0.1) is 0 Å². The second kappa shape index (κ2) is 11.0. The van der Waals surface area contributed by atoms with Gasteiger partial charge < -0.3 is 25.5 Å². The zero-order valence-electron chi connectivity index (χ0n) is 19.0. The first-order chi connectivity index (χ1) is 14.9. The molecule has 10 heteroatoms. The minimum Gasteiger partial charge on any atom is -0.449 e. The van der Waals surface area contributed by atoms with Gasteiger partial charge in [-0.05, 0) is 50.9 Å². The molecule has 3 N–H and O–H groups in total. The Morgan fingerprint density at radius 2 is 1.94 bits per heavy atom. The van der Waals surface area contributed by atoms with Crippen molar-refractivity contribution in [2.45, 2.75) is 83.2 Å². The standard InChI is InChI=1S/C22H35F2N3O5/c1-14(2)10-17(26-20(31)32-12-15-4-7-22(23,24)8-5-15)19(30)27-21(3,13-28)11-16-6-9-25-18(16)29/h13-17H,4-12H2,1-3H3,(H,25,29)(H,26,31)(H,27,30)/t16?,17-,21?/m0/s1. The van der Waals surface area contributed by atoms with Gasteiger partial charge in [0.05, 0.1) is 12.1 Å². The third-order valence-electron chi connectivity index (χ3n) is 6.10. The maximum absolute atomic E-state index is 13.3. The van der Waals surface area contributed by atoms with Gasteiger partial charge in [-0.3, -0.25) is 9.59 Å². The van der Waals surface area contributed by atoms with Crippen molar-refractivity contribution in [3.63, 3.8) is 0 Å². The number of halogens is 2. The van der Waals surface area contributed by atoms with Crippen LogP contribution in [0.25, 0.3) is 0 Å². The molecule has 1 saturated carbocycles. The summed E-state index contributed by atoms with van der Waals surface area (Å²) in [5.41, 5.74) is -1.25. The summed E-state index contributed by atoms with van der Waals surface area (Å²) < 4.78 is 31.7. The van der Waals surface area contributed by atoms with E-state index in [-0.39, 0.29) is 62.4 Å². The molecule has 0 radical (unpaired) electrons. The predicted molar refractivity (Wildman–Crippen MR) is 113 cm³/mol. The van der Waals surface area contributed by atoms with Gasteiger partial charge in [-0.1, -0.05) is 13.8 Å². The minimum absolute atomic E-state index is 0.0147. The normalized spacial score (nSPS) is 23.7. The summed E-state index contributed by atoms with van der Waals surface area (Å²) in [5, 5.41) is 7.92. The Labute approximate surface area is 187 Å². The lowest BCUT2D eigenvalue weighted by molar-refractivity contribution is -0.130. The molecule has 2 rings (SSSR count). The van der Waals surface area contributed by atoms with Crippen molar-refractivity contribution in [3.8, 4) is 0 Å². The topological polar surface area (TPSA) is 114 Å². The van der Waals surface area contributed by atoms with E-state index < -0.39 is 29.5 Å². The molecule has 2 fully saturated rings. The third kappa shape index (κ3) is 8.02. The summed E-state index contributed by atoms with van der Waals surface area (Å²) in [4.78, 5) is 48.8. The highest BCUT2D eigenvalue weighted by Gasteiger charge is 2.37. The van der Waals surface area contributed by atoms with Crippen molar-refractivity contribution in [1.82, 2.24) is 16.0 Å². The van der Waals surface area contributed by atoms with Crippen molar-refractivity contribution in [2.24, 2.45) is 17.8 Å². The van der Waals surface area contributed by atoms with Crippen LogP contribution in [-0.2, 0) is 19.1 Å². The molecule has 182 valence electrons. The number of carbonyl (C=O) groups excluding carboxylic acids is 4. The number of hydrogen-bond donors (Lipinski definition) is 3. The average molecular weight is 460 g/mol. The third-order valence-corrected chi connectivity index (χ3v) is 6.10. The number of alkyl halides is 2. The van der Waals surface area contributed by atoms with E-state index in [1.807, 2.05) is 13.8 Å². The predicted octanol–water partition coefficient (Wildman–Crippen LogP) is 2.55. The second-order valence-corrected chi connectivity index (χ2v) is 9.73. The van der Waals surface area contributed by atoms with Crippen molar-refractivity contribution < 1.29 is 32.7 Å². The number of carbonyl (C=O) groups is 4. The summed E-state index contributed by atoms with van der Waals surface area (Å²) in [6, 6.07) is -0.935. The van der Waals surface area contributed by atoms with E-state index in [4.69, 9.17) is 4.74 Å². The van der Waals surface area contributed by atoms with E-state index in [9.17, 15) is 28.0 Å². The van der Waals surface area contributed by atoms with E-state index in [1.165, 1.54) is 0 Å². The van der Waals surface area contributed by atoms with Crippen LogP contribution in [0.2, 0.25) is 0 Å². The molecule has 32 heavy (non-hydrogen) atoms. The molecule has 3 amide bonds. The van der Waals surface area contributed by atoms with Gasteiger partial charge in [0.1, 0.15) is 12.3 Å². The fourth-order valence-electron chi connectivity index (χ4n) is 4.20. The van der Waals surface area contributed by atoms with Gasteiger partial charge in [-0.2, -0.15) is 0 Å². The second-order valence-electron chi connectivity index (χ2n) is 9.73. The largest absolute Gasteiger partial charge is 0.449 e. The molecule has 0 aromatic carbocycles. The first kappa shape index (κ1) is 26.0. The SMILES string of the molecule is CC(C)C[C@H](NC(=O)OCC1CCC(F)(F)CC1)C(=O)NC(C)(C=O)CC1CCNC1=O. The molecule has 0 aromatic rings. The molecular formula is C22H35F2N3O5. The van der Waals surface area contributed by atoms with E-state index in [2.05, 4.69) is 16.0 Å². The summed E-state index contributed by atoms with van der Waals surface area (Å²) in [6.45, 7) is 5.87. The number of rotatable bonds is 10. The highest BCUT2D eigenvalue weighted by molar-refractivity contribution is 5.89. The van der Waals surface area contributed by atoms with Gasteiger partial charge in [0, 0.05) is 25.3 Å². The lowest BCUT2D eigenvalue weighted by Gasteiger charge is -2.30. The zero-order chi connectivity index (χ0) is 23.9. The van der Waals surface area contributed by atoms with Crippen LogP contribution in [0.15, 0.2) is 0 Å². The highest BCUT2D eigenvalue weighted by Crippen LogP contribution is 2.36. The van der Waals surface area contributed by atoms with E-state index >= 15 is 0 Å². The highest BCUT2D eigenvalue weighted by atomic mass is 19.3. The average Bonchev–Trinajstić information content (AvgIpc) is 3.10. The van der Waals surface area contributed by atoms with Gasteiger partial charge >= 0.3 is 6.09 Å². The monoisotopic (exact) mass is 459 g/mol. The number of amides is 3. The van der Waals surface area contributed by atoms with Gasteiger partial charge in [0.25, 0.3) is 0 Å². The first-order valence-electron chi connectivity index (χ1n) is 11.3. The lowest BCUT2D eigenvalue weighted by Crippen LogP contribution is -2.56. The molecule has 3 atom stereocenters. The molecule has 0 bridgehead atoms. The smallest absolute Gasteiger partial charge is 0.407 e. The Balaban J connectivity index is 1.91. The summed E-state index contributed by atoms with van der Waals surface area (Å²) in [7, 11) is 0. The maximum Gasteiger partial charge on any atom is 0.407 e. The molecule has 2 unspecified atom stereocenters. The fraction of sp³-hybridized carbons (Fsp3) is 0.818. The fourth-order valence-corrected chi connectivity index (χ4v) is 4.20. The van der Waals surface area contributed by atoms with Crippen LogP contribution in [-0.4, -0.2) is 54.8 Å². The quantitative estimate of drug-likeness (QED) is 0.435. The number of aldehydes is 1. The van der Waals surface area contributed by atoms with Crippen molar-refractivity contribution >= 4 is 24.2 Å². The minimum atomic E-state index is -2.65. The van der Waals surface area contributed by atoms with Crippen LogP contribution >= 0.6 is 0 Å². The maximum atomic E-state index is 13.3. The Bertz CT molecular complexity index is 693. The van der Waals surface area contributed by atoms with Crippen LogP contribution in [0.1, 0.15) is 65.7 Å². The van der Waals surface area contributed by atoms with Crippen LogP contribution < -0.4 is 16.0 Å². The Kier molecular flexibility index (Phi) is 8.98. The van der Waals surface area contributed by atoms with Crippen LogP contribution in [0.4, 0.5) is 13.6 Å². The van der Waals surface area contributed by atoms with Gasteiger partial charge in [0.15, 0.2) is 0 Å². The molecule has 1 heterocycles.